The molecule has 558 valence electrons. The molecule has 0 bridgehead atoms. The highest BCUT2D eigenvalue weighted by molar-refractivity contribution is 7.65. The summed E-state index contributed by atoms with van der Waals surface area (Å²) in [6.45, 7) is 36.2. The third-order valence-corrected chi connectivity index (χ3v) is 39.3. The van der Waals surface area contributed by atoms with Crippen molar-refractivity contribution in [3.63, 3.8) is 0 Å². The van der Waals surface area contributed by atoms with Gasteiger partial charge in [-0.25, -0.2) is 9.59 Å². The molecule has 4 atom stereocenters. The summed E-state index contributed by atoms with van der Waals surface area (Å²) in [5, 5.41) is 1.85. The van der Waals surface area contributed by atoms with Crippen molar-refractivity contribution in [1.82, 2.24) is 0 Å². The van der Waals surface area contributed by atoms with Crippen LogP contribution in [0.5, 0.6) is 0 Å². The SMILES string of the molecule is C.C.C.C.C.C.C=Cc1ccc(P(=O)(OC)O[Si](C)(C)OCCCC)cc1.COC(=O)O[Si](C)(C)OC(=O)O[Si](C)(C)c1ccccc1.COP(=O)(CCCl)O[Si](C)(C)O[Si](C)(C)C.CO[P+](=O)O[Si](C)(C)O[P+](=O)OC.C[Si](C)(O)OP(=O)(O[Si](C)(C)O)c1ccccc1. The van der Waals surface area contributed by atoms with Crippen LogP contribution in [-0.4, -0.2) is 144 Å². The van der Waals surface area contributed by atoms with Crippen LogP contribution in [0.25, 0.3) is 6.08 Å². The van der Waals surface area contributed by atoms with E-state index in [2.05, 4.69) is 46.9 Å². The molecule has 39 heteroatoms. The Morgan fingerprint density at radius 1 is 0.537 bits per heavy atom. The second-order valence-electron chi connectivity index (χ2n) is 22.7. The summed E-state index contributed by atoms with van der Waals surface area (Å²) < 4.78 is 142. The van der Waals surface area contributed by atoms with Crippen LogP contribution in [-0.2, 0) is 92.8 Å². The average molecular weight is 1610 g/mol. The molecule has 0 spiro atoms. The van der Waals surface area contributed by atoms with Crippen molar-refractivity contribution >= 4 is 153 Å². The zero-order valence-corrected chi connectivity index (χ0v) is 69.0. The van der Waals surface area contributed by atoms with Gasteiger partial charge in [0.05, 0.1) is 38.1 Å². The number of rotatable bonds is 31. The Morgan fingerprint density at radius 3 is 1.32 bits per heavy atom. The van der Waals surface area contributed by atoms with Crippen molar-refractivity contribution in [2.45, 2.75) is 176 Å². The second-order valence-corrected chi connectivity index (χ2v) is 61.0. The van der Waals surface area contributed by atoms with E-state index in [4.69, 9.17) is 67.7 Å². The molecule has 0 saturated heterocycles. The van der Waals surface area contributed by atoms with Crippen LogP contribution in [0, 0.1) is 0 Å². The van der Waals surface area contributed by atoms with Gasteiger partial charge in [-0.1, -0.05) is 131 Å². The molecule has 3 aromatic carbocycles. The van der Waals surface area contributed by atoms with E-state index >= 15 is 0 Å². The molecule has 0 radical (unpaired) electrons. The second kappa shape index (κ2) is 49.8. The van der Waals surface area contributed by atoms with Gasteiger partial charge in [0, 0.05) is 48.9 Å². The predicted octanol–water partition coefficient (Wildman–Crippen LogP) is 18.8. The van der Waals surface area contributed by atoms with Crippen LogP contribution in [0.15, 0.2) is 91.5 Å². The van der Waals surface area contributed by atoms with Gasteiger partial charge in [0.25, 0.3) is 8.32 Å². The predicted molar refractivity (Wildman–Crippen MR) is 410 cm³/mol. The van der Waals surface area contributed by atoms with E-state index < -0.39 is 120 Å². The molecule has 0 heterocycles. The number of hydrogen-bond donors (Lipinski definition) is 2. The number of alkyl halides is 1. The average Bonchev–Trinajstić information content (AvgIpc) is 0.820. The molecule has 3 rings (SSSR count). The number of methoxy groups -OCH3 is 1. The highest BCUT2D eigenvalue weighted by atomic mass is 35.5. The molecule has 25 nitrogen and oxygen atoms in total. The quantitative estimate of drug-likeness (QED) is 0.0199. The van der Waals surface area contributed by atoms with Crippen LogP contribution in [0.3, 0.4) is 0 Å². The van der Waals surface area contributed by atoms with Crippen LogP contribution in [0.2, 0.25) is 111 Å². The summed E-state index contributed by atoms with van der Waals surface area (Å²) in [4.78, 5) is 42.6. The van der Waals surface area contributed by atoms with Gasteiger partial charge in [0.2, 0.25) is 0 Å². The van der Waals surface area contributed by atoms with Crippen LogP contribution in [0.4, 0.5) is 9.59 Å². The van der Waals surface area contributed by atoms with Crippen molar-refractivity contribution in [3.05, 3.63) is 97.1 Å². The van der Waals surface area contributed by atoms with Crippen LogP contribution >= 0.6 is 50.9 Å². The molecule has 0 amide bonds. The molecule has 0 fully saturated rings. The Morgan fingerprint density at radius 2 is 0.958 bits per heavy atom. The Hall–Kier alpha value is -1.70. The van der Waals surface area contributed by atoms with E-state index in [9.17, 15) is 42.0 Å². The topological polar surface area (TPSA) is 308 Å². The van der Waals surface area contributed by atoms with E-state index in [1.54, 1.807) is 74.7 Å². The van der Waals surface area contributed by atoms with Crippen molar-refractivity contribution in [1.29, 1.82) is 0 Å². The number of benzene rings is 3. The van der Waals surface area contributed by atoms with Gasteiger partial charge in [0.15, 0.2) is 8.32 Å². The van der Waals surface area contributed by atoms with Gasteiger partial charge < -0.3 is 62.0 Å². The maximum atomic E-state index is 12.9. The molecule has 95 heavy (non-hydrogen) atoms. The third kappa shape index (κ3) is 51.1. The van der Waals surface area contributed by atoms with Gasteiger partial charge >= 0.3 is 103 Å². The lowest BCUT2D eigenvalue weighted by atomic mass is 10.2. The first kappa shape index (κ1) is 109. The van der Waals surface area contributed by atoms with E-state index in [-0.39, 0.29) is 56.6 Å². The van der Waals surface area contributed by atoms with Gasteiger partial charge in [-0.15, -0.1) is 29.1 Å². The first-order valence-corrected chi connectivity index (χ1v) is 58.3. The number of halogens is 1. The molecule has 3 aromatic rings. The summed E-state index contributed by atoms with van der Waals surface area (Å²) in [5.74, 6) is 0.253. The fourth-order valence-corrected chi connectivity index (χ4v) is 34.9. The Bertz CT molecular complexity index is 2720. The number of carbonyl (C=O) groups excluding carboxylic acids is 2. The summed E-state index contributed by atoms with van der Waals surface area (Å²) in [6.07, 6.45) is 2.27. The van der Waals surface area contributed by atoms with Crippen LogP contribution < -0.4 is 15.8 Å². The molecule has 0 aliphatic heterocycles. The molecule has 0 aliphatic carbocycles. The lowest BCUT2D eigenvalue weighted by molar-refractivity contribution is 0.0969. The zero-order valence-electron chi connectivity index (χ0n) is 55.8. The molecule has 2 N–H and O–H groups in total. The summed E-state index contributed by atoms with van der Waals surface area (Å²) in [6, 6.07) is 25.0. The standard InChI is InChI=1S/C15H25O4PSi.C13H20O6Si2.C10H19O5PSi2.C8H22ClO4PSi2.C4H12O6P2Si.6CH4/c1-6-8-13-18-21(4,5)19-20(16,17-3)15-11-9-14(7-2)10-12-15;1-16-12(14)18-21(4,5)19-13(15)17-20(2,3)11-9-7-6-8-10-11;1-17(2,12)14-16(11,15-18(3,4)13)10-8-6-5-7-9-10;1-11-14(10,8-7-9)12-16(5,6)13-15(2,3)4;1-7-11(5)9-13(3,4)10-12(6)8-2;;;;;;/h7,9-12H,2,6,8,13H2,1,3-5H3;6-10H,1-5H3;5-9,12-13H,1-4H3;7-8H2,1-6H3;1-4H3;6*1H4/q;;;;+2;;;;;;. The summed E-state index contributed by atoms with van der Waals surface area (Å²) >= 11 is 5.58. The molecule has 0 aliphatic rings. The van der Waals surface area contributed by atoms with Crippen molar-refractivity contribution in [2.24, 2.45) is 0 Å². The Labute approximate surface area is 588 Å². The van der Waals surface area contributed by atoms with E-state index in [0.717, 1.165) is 23.6 Å². The minimum atomic E-state index is -3.69. The lowest BCUT2D eigenvalue weighted by Gasteiger charge is -2.33. The Kier molecular flexibility index (Phi) is 57.3. The van der Waals surface area contributed by atoms with Gasteiger partial charge in [-0.3, -0.25) is 13.7 Å². The largest absolute Gasteiger partial charge is 0.688 e. The first-order valence-electron chi connectivity index (χ1n) is 27.5. The number of carbonyl (C=O) groups is 2. The van der Waals surface area contributed by atoms with Gasteiger partial charge in [0.1, 0.15) is 0 Å². The maximum absolute atomic E-state index is 12.9. The van der Waals surface area contributed by atoms with Crippen LogP contribution in [0.1, 0.15) is 69.9 Å². The molecule has 0 aromatic heterocycles. The summed E-state index contributed by atoms with van der Waals surface area (Å²) in [7, 11) is -28.9. The van der Waals surface area contributed by atoms with Crippen molar-refractivity contribution in [2.75, 3.05) is 54.2 Å². The minimum absolute atomic E-state index is 0. The molecular formula is C56H122ClO25P5Si8+2. The lowest BCUT2D eigenvalue weighted by Crippen LogP contribution is -2.49. The highest BCUT2D eigenvalue weighted by Crippen LogP contribution is 2.52. The monoisotopic (exact) mass is 1610 g/mol. The molecule has 0 saturated carbocycles. The van der Waals surface area contributed by atoms with E-state index in [0.29, 0.717) is 17.2 Å². The fourth-order valence-electron chi connectivity index (χ4n) is 6.50. The van der Waals surface area contributed by atoms with E-state index in [1.807, 2.05) is 81.7 Å². The first-order chi connectivity index (χ1) is 40.5. The number of hydrogen-bond acceptors (Lipinski definition) is 25. The minimum Gasteiger partial charge on any atom is -0.486 e. The van der Waals surface area contributed by atoms with Gasteiger partial charge in [-0.05, 0) is 140 Å². The molecule has 4 unspecified atom stereocenters. The fraction of sp³-hybridized carbons (Fsp3) is 0.607. The smallest absolute Gasteiger partial charge is 0.486 e. The van der Waals surface area contributed by atoms with Gasteiger partial charge in [-0.2, -0.15) is 0 Å². The Balaban J connectivity index is -0.000000165. The maximum Gasteiger partial charge on any atom is 0.688 e. The van der Waals surface area contributed by atoms with E-state index in [1.165, 1.54) is 61.7 Å². The molecular weight excluding hydrogens is 1490 g/mol. The number of unbranched alkanes of at least 4 members (excludes halogenated alkanes) is 1. The number of ether oxygens (including phenoxy) is 1. The third-order valence-electron chi connectivity index (χ3n) is 9.80. The summed E-state index contributed by atoms with van der Waals surface area (Å²) in [5.41, 5.74) is 0.956. The van der Waals surface area contributed by atoms with Crippen molar-refractivity contribution in [3.8, 4) is 0 Å². The highest BCUT2D eigenvalue weighted by Gasteiger charge is 2.47. The zero-order chi connectivity index (χ0) is 69.6. The van der Waals surface area contributed by atoms with Crippen molar-refractivity contribution < 1.29 is 112 Å². The normalized spacial score (nSPS) is 13.2.